The van der Waals surface area contributed by atoms with Gasteiger partial charge in [-0.3, -0.25) is 9.59 Å². The molecule has 1 aromatic carbocycles. The van der Waals surface area contributed by atoms with E-state index >= 15 is 0 Å². The summed E-state index contributed by atoms with van der Waals surface area (Å²) in [7, 11) is 0. The Hall–Kier alpha value is -2.13. The molecule has 2 amide bonds. The molecule has 0 unspecified atom stereocenters. The predicted molar refractivity (Wildman–Crippen MR) is 124 cm³/mol. The van der Waals surface area contributed by atoms with Crippen LogP contribution >= 0.6 is 23.1 Å². The van der Waals surface area contributed by atoms with Crippen molar-refractivity contribution in [3.63, 3.8) is 0 Å². The fourth-order valence-corrected chi connectivity index (χ4v) is 5.45. The summed E-state index contributed by atoms with van der Waals surface area (Å²) in [5, 5.41) is 3.06. The smallest absolute Gasteiger partial charge is 0.338 e. The number of rotatable bonds is 8. The van der Waals surface area contributed by atoms with E-state index in [1.807, 2.05) is 17.6 Å². The third-order valence-corrected chi connectivity index (χ3v) is 7.12. The highest BCUT2D eigenvalue weighted by molar-refractivity contribution is 8.00. The summed E-state index contributed by atoms with van der Waals surface area (Å²) in [5.74, 6) is -0.222. The summed E-state index contributed by atoms with van der Waals surface area (Å²) in [5.41, 5.74) is 1.41. The van der Waals surface area contributed by atoms with Crippen LogP contribution < -0.4 is 10.1 Å². The maximum Gasteiger partial charge on any atom is 0.338 e. The summed E-state index contributed by atoms with van der Waals surface area (Å²) < 4.78 is 7.89. The van der Waals surface area contributed by atoms with Crippen molar-refractivity contribution in [3.8, 4) is 0 Å². The third kappa shape index (κ3) is 6.43. The van der Waals surface area contributed by atoms with Gasteiger partial charge in [-0.15, -0.1) is 11.8 Å². The second-order valence-corrected chi connectivity index (χ2v) is 9.43. The first kappa shape index (κ1) is 23.5. The van der Waals surface area contributed by atoms with Gasteiger partial charge < -0.3 is 14.6 Å². The molecule has 1 heterocycles. The monoisotopic (exact) mass is 463 g/mol. The second kappa shape index (κ2) is 11.5. The molecule has 7 nitrogen and oxygen atoms in total. The van der Waals surface area contributed by atoms with Gasteiger partial charge in [0.2, 0.25) is 5.91 Å². The number of esters is 1. The first-order valence-electron chi connectivity index (χ1n) is 10.8. The average molecular weight is 464 g/mol. The van der Waals surface area contributed by atoms with Crippen molar-refractivity contribution in [1.82, 2.24) is 9.88 Å². The lowest BCUT2D eigenvalue weighted by Gasteiger charge is -2.22. The molecule has 0 atom stereocenters. The van der Waals surface area contributed by atoms with Gasteiger partial charge in [-0.1, -0.05) is 30.6 Å². The van der Waals surface area contributed by atoms with Gasteiger partial charge in [0.05, 0.1) is 33.9 Å². The molecule has 168 valence electrons. The summed E-state index contributed by atoms with van der Waals surface area (Å²) >= 11 is 2.66. The van der Waals surface area contributed by atoms with Gasteiger partial charge in [0, 0.05) is 12.6 Å². The lowest BCUT2D eigenvalue weighted by molar-refractivity contribution is -0.119. The molecule has 1 aliphatic rings. The van der Waals surface area contributed by atoms with Crippen molar-refractivity contribution in [3.05, 3.63) is 28.6 Å². The lowest BCUT2D eigenvalue weighted by atomic mass is 9.95. The Labute approximate surface area is 190 Å². The molecule has 9 heteroatoms. The molecular weight excluding hydrogens is 434 g/mol. The van der Waals surface area contributed by atoms with E-state index in [1.165, 1.54) is 42.4 Å². The number of hydrogen-bond acceptors (Lipinski definition) is 6. The fourth-order valence-electron chi connectivity index (χ4n) is 3.69. The van der Waals surface area contributed by atoms with Crippen LogP contribution in [0.15, 0.2) is 23.2 Å². The highest BCUT2D eigenvalue weighted by atomic mass is 32.2. The molecule has 1 aliphatic carbocycles. The number of nitrogens with one attached hydrogen (secondary N) is 1. The maximum absolute atomic E-state index is 12.4. The lowest BCUT2D eigenvalue weighted by Crippen LogP contribution is -2.37. The molecule has 1 fully saturated rings. The van der Waals surface area contributed by atoms with E-state index in [0.717, 1.165) is 23.1 Å². The second-order valence-electron chi connectivity index (χ2n) is 7.43. The van der Waals surface area contributed by atoms with E-state index in [4.69, 9.17) is 4.74 Å². The van der Waals surface area contributed by atoms with E-state index < -0.39 is 0 Å². The maximum atomic E-state index is 12.4. The molecule has 2 aromatic rings. The minimum absolute atomic E-state index is 0.0123. The topological polar surface area (TPSA) is 89.8 Å². The van der Waals surface area contributed by atoms with Gasteiger partial charge in [0.15, 0.2) is 4.80 Å². The summed E-state index contributed by atoms with van der Waals surface area (Å²) in [6.45, 7) is 4.73. The minimum atomic E-state index is -0.363. The van der Waals surface area contributed by atoms with Gasteiger partial charge in [0.1, 0.15) is 0 Å². The molecule has 1 aromatic heterocycles. The standard InChI is InChI=1S/C22H29N3O4S2/c1-3-25-17-11-10-15(21(28)29-4-2)12-18(17)31-22(25)24-20(27)14-30-13-19(26)23-16-8-6-5-7-9-16/h10-12,16H,3-9,13-14H2,1-2H3,(H,23,26). The summed E-state index contributed by atoms with van der Waals surface area (Å²) in [4.78, 5) is 41.3. The highest BCUT2D eigenvalue weighted by Crippen LogP contribution is 2.20. The molecule has 0 saturated heterocycles. The van der Waals surface area contributed by atoms with Crippen molar-refractivity contribution >= 4 is 51.1 Å². The number of aromatic nitrogens is 1. The Morgan fingerprint density at radius 3 is 2.68 bits per heavy atom. The van der Waals surface area contributed by atoms with Crippen LogP contribution in [0.2, 0.25) is 0 Å². The van der Waals surface area contributed by atoms with E-state index in [0.29, 0.717) is 23.5 Å². The van der Waals surface area contributed by atoms with Crippen molar-refractivity contribution < 1.29 is 19.1 Å². The van der Waals surface area contributed by atoms with E-state index in [1.54, 1.807) is 19.1 Å². The largest absolute Gasteiger partial charge is 0.462 e. The molecular formula is C22H29N3O4S2. The third-order valence-electron chi connectivity index (χ3n) is 5.16. The van der Waals surface area contributed by atoms with Crippen LogP contribution in [-0.4, -0.2) is 46.5 Å². The Morgan fingerprint density at radius 2 is 1.97 bits per heavy atom. The number of aryl methyl sites for hydroxylation is 1. The minimum Gasteiger partial charge on any atom is -0.462 e. The zero-order valence-electron chi connectivity index (χ0n) is 18.0. The van der Waals surface area contributed by atoms with Crippen molar-refractivity contribution in [2.24, 2.45) is 4.99 Å². The van der Waals surface area contributed by atoms with Gasteiger partial charge in [0.25, 0.3) is 5.91 Å². The zero-order chi connectivity index (χ0) is 22.2. The van der Waals surface area contributed by atoms with Crippen LogP contribution in [0.3, 0.4) is 0 Å². The number of amides is 2. The van der Waals surface area contributed by atoms with Crippen LogP contribution in [0, 0.1) is 0 Å². The summed E-state index contributed by atoms with van der Waals surface area (Å²) in [6, 6.07) is 5.64. The fraction of sp³-hybridized carbons (Fsp3) is 0.545. The van der Waals surface area contributed by atoms with Crippen LogP contribution in [0.25, 0.3) is 10.2 Å². The first-order valence-corrected chi connectivity index (χ1v) is 12.7. The van der Waals surface area contributed by atoms with Crippen LogP contribution in [0.1, 0.15) is 56.3 Å². The van der Waals surface area contributed by atoms with Gasteiger partial charge >= 0.3 is 5.97 Å². The Bertz CT molecular complexity index is 1010. The van der Waals surface area contributed by atoms with E-state index in [-0.39, 0.29) is 35.3 Å². The summed E-state index contributed by atoms with van der Waals surface area (Å²) in [6.07, 6.45) is 5.68. The van der Waals surface area contributed by atoms with Crippen molar-refractivity contribution in [2.75, 3.05) is 18.1 Å². The average Bonchev–Trinajstić information content (AvgIpc) is 3.10. The van der Waals surface area contributed by atoms with E-state index in [2.05, 4.69) is 10.3 Å². The van der Waals surface area contributed by atoms with Crippen LogP contribution in [0.4, 0.5) is 0 Å². The normalized spacial score (nSPS) is 15.2. The zero-order valence-corrected chi connectivity index (χ0v) is 19.7. The quantitative estimate of drug-likeness (QED) is 0.605. The van der Waals surface area contributed by atoms with Crippen molar-refractivity contribution in [1.29, 1.82) is 0 Å². The number of nitrogens with zero attached hydrogens (tertiary/aromatic N) is 2. The number of thiazole rings is 1. The molecule has 1 N–H and O–H groups in total. The Kier molecular flexibility index (Phi) is 8.71. The van der Waals surface area contributed by atoms with Gasteiger partial charge in [-0.25, -0.2) is 4.79 Å². The molecule has 0 spiro atoms. The number of hydrogen-bond donors (Lipinski definition) is 1. The highest BCUT2D eigenvalue weighted by Gasteiger charge is 2.16. The number of ether oxygens (including phenoxy) is 1. The number of carbonyl (C=O) groups is 3. The molecule has 0 aliphatic heterocycles. The van der Waals surface area contributed by atoms with Gasteiger partial charge in [-0.2, -0.15) is 4.99 Å². The van der Waals surface area contributed by atoms with Gasteiger partial charge in [-0.05, 0) is 44.9 Å². The van der Waals surface area contributed by atoms with Crippen LogP contribution in [-0.2, 0) is 20.9 Å². The number of fused-ring (bicyclic) bond motifs is 1. The number of thioether (sulfide) groups is 1. The molecule has 3 rings (SSSR count). The molecule has 0 bridgehead atoms. The Balaban J connectivity index is 1.62. The van der Waals surface area contributed by atoms with Crippen LogP contribution in [0.5, 0.6) is 0 Å². The Morgan fingerprint density at radius 1 is 1.19 bits per heavy atom. The molecule has 0 radical (unpaired) electrons. The number of benzene rings is 1. The number of carbonyl (C=O) groups excluding carboxylic acids is 3. The first-order chi connectivity index (χ1) is 15.0. The molecule has 31 heavy (non-hydrogen) atoms. The van der Waals surface area contributed by atoms with Crippen molar-refractivity contribution in [2.45, 2.75) is 58.5 Å². The van der Waals surface area contributed by atoms with E-state index in [9.17, 15) is 14.4 Å². The molecule has 1 saturated carbocycles. The SMILES string of the molecule is CCOC(=O)c1ccc2c(c1)sc(=NC(=O)CSCC(=O)NC1CCCCC1)n2CC. The predicted octanol–water partition coefficient (Wildman–Crippen LogP) is 3.51.